The van der Waals surface area contributed by atoms with Crippen molar-refractivity contribution in [3.63, 3.8) is 0 Å². The maximum absolute atomic E-state index is 11.5. The minimum Gasteiger partial charge on any atom is -0.349 e. The molecule has 82 valence electrons. The molecule has 4 nitrogen and oxygen atoms in total. The molecule has 0 spiro atoms. The topological polar surface area (TPSA) is 36.4 Å². The van der Waals surface area contributed by atoms with Crippen LogP contribution in [-0.4, -0.2) is 43.5 Å². The summed E-state index contributed by atoms with van der Waals surface area (Å²) in [5.74, 6) is 0.822. The first-order valence-corrected chi connectivity index (χ1v) is 5.33. The van der Waals surface area contributed by atoms with Crippen molar-refractivity contribution < 1.29 is 4.79 Å². The SMILES string of the molecule is CN(C)C(=O)CN(C)c1ncccc1Br. The van der Waals surface area contributed by atoms with Crippen molar-refractivity contribution in [2.45, 2.75) is 0 Å². The highest BCUT2D eigenvalue weighted by Crippen LogP contribution is 2.21. The fourth-order valence-corrected chi connectivity index (χ4v) is 1.64. The molecular formula is C10H14BrN3O. The Morgan fingerprint density at radius 1 is 1.47 bits per heavy atom. The van der Waals surface area contributed by atoms with Crippen LogP contribution in [0.4, 0.5) is 5.82 Å². The first-order valence-electron chi connectivity index (χ1n) is 4.54. The van der Waals surface area contributed by atoms with Crippen LogP contribution in [0.1, 0.15) is 0 Å². The van der Waals surface area contributed by atoms with Crippen molar-refractivity contribution in [2.75, 3.05) is 32.6 Å². The number of likely N-dealkylation sites (N-methyl/N-ethyl adjacent to an activating group) is 2. The number of carbonyl (C=O) groups excluding carboxylic acids is 1. The number of nitrogens with zero attached hydrogens (tertiary/aromatic N) is 3. The molecule has 1 aromatic heterocycles. The summed E-state index contributed by atoms with van der Waals surface area (Å²) in [6, 6.07) is 3.74. The molecule has 0 aliphatic heterocycles. The molecule has 1 aromatic rings. The molecule has 5 heteroatoms. The van der Waals surface area contributed by atoms with E-state index < -0.39 is 0 Å². The minimum absolute atomic E-state index is 0.0510. The van der Waals surface area contributed by atoms with E-state index in [1.54, 1.807) is 25.2 Å². The molecule has 0 saturated carbocycles. The summed E-state index contributed by atoms with van der Waals surface area (Å²) < 4.78 is 0.888. The van der Waals surface area contributed by atoms with Gasteiger partial charge in [-0.2, -0.15) is 0 Å². The normalized spacial score (nSPS) is 9.87. The maximum atomic E-state index is 11.5. The number of amides is 1. The van der Waals surface area contributed by atoms with Gasteiger partial charge in [0.05, 0.1) is 11.0 Å². The van der Waals surface area contributed by atoms with Gasteiger partial charge < -0.3 is 9.80 Å². The molecule has 0 aliphatic carbocycles. The molecular weight excluding hydrogens is 258 g/mol. The van der Waals surface area contributed by atoms with Crippen molar-refractivity contribution in [3.05, 3.63) is 22.8 Å². The van der Waals surface area contributed by atoms with Crippen LogP contribution in [0.2, 0.25) is 0 Å². The lowest BCUT2D eigenvalue weighted by atomic mass is 10.4. The second-order valence-electron chi connectivity index (χ2n) is 3.45. The van der Waals surface area contributed by atoms with Gasteiger partial charge in [0.25, 0.3) is 0 Å². The Balaban J connectivity index is 2.73. The second-order valence-corrected chi connectivity index (χ2v) is 4.31. The summed E-state index contributed by atoms with van der Waals surface area (Å²) >= 11 is 3.39. The summed E-state index contributed by atoms with van der Waals surface area (Å²) in [7, 11) is 5.32. The third-order valence-corrected chi connectivity index (χ3v) is 2.59. The predicted molar refractivity (Wildman–Crippen MR) is 63.9 cm³/mol. The number of hydrogen-bond donors (Lipinski definition) is 0. The Morgan fingerprint density at radius 3 is 2.67 bits per heavy atom. The van der Waals surface area contributed by atoms with Gasteiger partial charge in [0, 0.05) is 27.3 Å². The van der Waals surface area contributed by atoms with E-state index in [9.17, 15) is 4.79 Å². The monoisotopic (exact) mass is 271 g/mol. The standard InChI is InChI=1S/C10H14BrN3O/c1-13(2)9(15)7-14(3)10-8(11)5-4-6-12-10/h4-6H,7H2,1-3H3. The van der Waals surface area contributed by atoms with Crippen LogP contribution in [0.5, 0.6) is 0 Å². The van der Waals surface area contributed by atoms with E-state index >= 15 is 0 Å². The highest BCUT2D eigenvalue weighted by atomic mass is 79.9. The number of pyridine rings is 1. The Morgan fingerprint density at radius 2 is 2.13 bits per heavy atom. The third kappa shape index (κ3) is 3.20. The van der Waals surface area contributed by atoms with E-state index in [1.807, 2.05) is 24.1 Å². The van der Waals surface area contributed by atoms with E-state index in [1.165, 1.54) is 0 Å². The Bertz CT molecular complexity index is 354. The van der Waals surface area contributed by atoms with Crippen molar-refractivity contribution in [3.8, 4) is 0 Å². The second kappa shape index (κ2) is 5.11. The molecule has 0 atom stereocenters. The van der Waals surface area contributed by atoms with Crippen molar-refractivity contribution >= 4 is 27.7 Å². The Kier molecular flexibility index (Phi) is 4.08. The number of aromatic nitrogens is 1. The Hall–Kier alpha value is -1.10. The minimum atomic E-state index is 0.0510. The van der Waals surface area contributed by atoms with Crippen LogP contribution in [0.15, 0.2) is 22.8 Å². The van der Waals surface area contributed by atoms with Crippen LogP contribution in [0.3, 0.4) is 0 Å². The predicted octanol–water partition coefficient (Wildman–Crippen LogP) is 1.37. The fraction of sp³-hybridized carbons (Fsp3) is 0.400. The van der Waals surface area contributed by atoms with Gasteiger partial charge in [-0.05, 0) is 28.1 Å². The van der Waals surface area contributed by atoms with Gasteiger partial charge in [0.15, 0.2) is 0 Å². The zero-order valence-electron chi connectivity index (χ0n) is 9.07. The van der Waals surface area contributed by atoms with E-state index in [0.29, 0.717) is 6.54 Å². The molecule has 0 fully saturated rings. The number of halogens is 1. The van der Waals surface area contributed by atoms with Gasteiger partial charge in [-0.15, -0.1) is 0 Å². The smallest absolute Gasteiger partial charge is 0.241 e. The first-order chi connectivity index (χ1) is 7.02. The summed E-state index contributed by atoms with van der Waals surface area (Å²) in [5, 5.41) is 0. The van der Waals surface area contributed by atoms with Gasteiger partial charge >= 0.3 is 0 Å². The van der Waals surface area contributed by atoms with Crippen molar-refractivity contribution in [1.29, 1.82) is 0 Å². The van der Waals surface area contributed by atoms with Gasteiger partial charge in [0.1, 0.15) is 5.82 Å². The number of hydrogen-bond acceptors (Lipinski definition) is 3. The summed E-state index contributed by atoms with van der Waals surface area (Å²) in [4.78, 5) is 19.1. The maximum Gasteiger partial charge on any atom is 0.241 e. The molecule has 1 rings (SSSR count). The van der Waals surface area contributed by atoms with Gasteiger partial charge in [-0.3, -0.25) is 4.79 Å². The molecule has 0 aliphatic rings. The number of carbonyl (C=O) groups is 1. The lowest BCUT2D eigenvalue weighted by Crippen LogP contribution is -2.34. The van der Waals surface area contributed by atoms with Crippen molar-refractivity contribution in [1.82, 2.24) is 9.88 Å². The molecule has 0 N–H and O–H groups in total. The highest BCUT2D eigenvalue weighted by molar-refractivity contribution is 9.10. The van der Waals surface area contributed by atoms with E-state index in [-0.39, 0.29) is 5.91 Å². The molecule has 1 heterocycles. The lowest BCUT2D eigenvalue weighted by molar-refractivity contribution is -0.127. The number of rotatable bonds is 3. The summed E-state index contributed by atoms with van der Waals surface area (Å²) in [6.07, 6.45) is 1.71. The third-order valence-electron chi connectivity index (χ3n) is 1.97. The zero-order chi connectivity index (χ0) is 11.4. The molecule has 0 saturated heterocycles. The largest absolute Gasteiger partial charge is 0.349 e. The lowest BCUT2D eigenvalue weighted by Gasteiger charge is -2.20. The van der Waals surface area contributed by atoms with Crippen LogP contribution in [-0.2, 0) is 4.79 Å². The summed E-state index contributed by atoms with van der Waals surface area (Å²) in [6.45, 7) is 0.322. The van der Waals surface area contributed by atoms with Gasteiger partial charge in [-0.1, -0.05) is 0 Å². The Labute approximate surface area is 98.0 Å². The van der Waals surface area contributed by atoms with Crippen LogP contribution >= 0.6 is 15.9 Å². The van der Waals surface area contributed by atoms with Crippen LogP contribution in [0.25, 0.3) is 0 Å². The average molecular weight is 272 g/mol. The molecule has 0 bridgehead atoms. The van der Waals surface area contributed by atoms with Crippen molar-refractivity contribution in [2.24, 2.45) is 0 Å². The highest BCUT2D eigenvalue weighted by Gasteiger charge is 2.11. The quantitative estimate of drug-likeness (QED) is 0.833. The van der Waals surface area contributed by atoms with E-state index in [4.69, 9.17) is 0 Å². The van der Waals surface area contributed by atoms with Gasteiger partial charge in [0.2, 0.25) is 5.91 Å². The first kappa shape index (κ1) is 12.0. The van der Waals surface area contributed by atoms with Gasteiger partial charge in [-0.25, -0.2) is 4.98 Å². The molecule has 15 heavy (non-hydrogen) atoms. The van der Waals surface area contributed by atoms with Crippen LogP contribution < -0.4 is 4.90 Å². The average Bonchev–Trinajstić information content (AvgIpc) is 2.18. The molecule has 1 amide bonds. The summed E-state index contributed by atoms with van der Waals surface area (Å²) in [5.41, 5.74) is 0. The molecule has 0 unspecified atom stereocenters. The van der Waals surface area contributed by atoms with E-state index in [2.05, 4.69) is 20.9 Å². The molecule has 0 radical (unpaired) electrons. The molecule has 0 aromatic carbocycles. The zero-order valence-corrected chi connectivity index (χ0v) is 10.7. The fourth-order valence-electron chi connectivity index (χ4n) is 1.08. The van der Waals surface area contributed by atoms with Crippen LogP contribution in [0, 0.1) is 0 Å². The number of anilines is 1. The van der Waals surface area contributed by atoms with E-state index in [0.717, 1.165) is 10.3 Å².